The van der Waals surface area contributed by atoms with Crippen molar-refractivity contribution in [1.82, 2.24) is 24.3 Å². The third-order valence-electron chi connectivity index (χ3n) is 8.03. The lowest BCUT2D eigenvalue weighted by Gasteiger charge is -2.40. The van der Waals surface area contributed by atoms with Gasteiger partial charge in [-0.3, -0.25) is 4.90 Å². The third-order valence-corrected chi connectivity index (χ3v) is 8.03. The molecule has 2 aliphatic rings. The Bertz CT molecular complexity index is 1190. The van der Waals surface area contributed by atoms with E-state index in [2.05, 4.69) is 84.5 Å². The van der Waals surface area contributed by atoms with Crippen molar-refractivity contribution in [3.63, 3.8) is 0 Å². The van der Waals surface area contributed by atoms with Gasteiger partial charge in [-0.05, 0) is 88.5 Å². The molecule has 0 amide bonds. The van der Waals surface area contributed by atoms with Crippen molar-refractivity contribution in [2.24, 2.45) is 0 Å². The molecule has 0 unspecified atom stereocenters. The Morgan fingerprint density at radius 3 is 2.26 bits per heavy atom. The standard InChI is InChI=1S/C31H43N5.2ClH/c1-23(2)30-33-29-24(3)21-25(4)32-31(29)36(30)22-27-12-10-26(11-13-27)9-8-16-34-19-14-28(15-20-34)35-17-6-5-7-18-35;;/h8-13,21,23,28H,5-7,14-20,22H2,1-4H3;2*1H/b9-8+;;. The van der Waals surface area contributed by atoms with Gasteiger partial charge >= 0.3 is 0 Å². The monoisotopic (exact) mass is 557 g/mol. The molecule has 208 valence electrons. The zero-order valence-electron chi connectivity index (χ0n) is 23.5. The van der Waals surface area contributed by atoms with Gasteiger partial charge in [0.05, 0.1) is 6.54 Å². The molecule has 38 heavy (non-hydrogen) atoms. The van der Waals surface area contributed by atoms with Gasteiger partial charge in [-0.15, -0.1) is 24.8 Å². The van der Waals surface area contributed by atoms with E-state index in [1.807, 2.05) is 0 Å². The molecule has 7 heteroatoms. The number of imidazole rings is 1. The number of likely N-dealkylation sites (tertiary alicyclic amines) is 2. The summed E-state index contributed by atoms with van der Waals surface area (Å²) in [6.07, 6.45) is 11.5. The molecule has 4 heterocycles. The van der Waals surface area contributed by atoms with Gasteiger partial charge in [0.25, 0.3) is 0 Å². The summed E-state index contributed by atoms with van der Waals surface area (Å²) in [5.41, 5.74) is 6.84. The van der Waals surface area contributed by atoms with Gasteiger partial charge < -0.3 is 9.47 Å². The highest BCUT2D eigenvalue weighted by molar-refractivity contribution is 5.85. The molecule has 0 N–H and O–H groups in total. The number of pyridine rings is 1. The molecule has 0 radical (unpaired) electrons. The van der Waals surface area contributed by atoms with Crippen molar-refractivity contribution in [2.45, 2.75) is 78.3 Å². The van der Waals surface area contributed by atoms with E-state index in [1.165, 1.54) is 75.0 Å². The highest BCUT2D eigenvalue weighted by Gasteiger charge is 2.25. The van der Waals surface area contributed by atoms with E-state index in [0.29, 0.717) is 5.92 Å². The Labute approximate surface area is 241 Å². The maximum atomic E-state index is 4.96. The molecular weight excluding hydrogens is 513 g/mol. The highest BCUT2D eigenvalue weighted by Crippen LogP contribution is 2.25. The lowest BCUT2D eigenvalue weighted by atomic mass is 10.00. The molecule has 0 spiro atoms. The normalized spacial score (nSPS) is 17.7. The first-order chi connectivity index (χ1) is 17.5. The van der Waals surface area contributed by atoms with Gasteiger partial charge in [-0.25, -0.2) is 9.97 Å². The van der Waals surface area contributed by atoms with E-state index < -0.39 is 0 Å². The Hall–Kier alpha value is -1.92. The minimum atomic E-state index is 0. The van der Waals surface area contributed by atoms with E-state index in [4.69, 9.17) is 9.97 Å². The molecule has 5 rings (SSSR count). The molecule has 2 saturated heterocycles. The fourth-order valence-electron chi connectivity index (χ4n) is 6.02. The molecule has 0 aliphatic carbocycles. The van der Waals surface area contributed by atoms with Crippen LogP contribution in [0, 0.1) is 13.8 Å². The molecule has 5 nitrogen and oxygen atoms in total. The number of aryl methyl sites for hydroxylation is 2. The number of rotatable bonds is 7. The van der Waals surface area contributed by atoms with Crippen LogP contribution in [0.5, 0.6) is 0 Å². The summed E-state index contributed by atoms with van der Waals surface area (Å²) >= 11 is 0. The van der Waals surface area contributed by atoms with Crippen LogP contribution in [0.1, 0.15) is 80.1 Å². The molecule has 0 saturated carbocycles. The van der Waals surface area contributed by atoms with Crippen molar-refractivity contribution in [1.29, 1.82) is 0 Å². The smallest absolute Gasteiger partial charge is 0.160 e. The van der Waals surface area contributed by atoms with Crippen LogP contribution in [0.25, 0.3) is 17.2 Å². The summed E-state index contributed by atoms with van der Waals surface area (Å²) in [6, 6.07) is 11.9. The van der Waals surface area contributed by atoms with Crippen LogP contribution in [0.4, 0.5) is 0 Å². The van der Waals surface area contributed by atoms with E-state index in [-0.39, 0.29) is 24.8 Å². The lowest BCUT2D eigenvalue weighted by Crippen LogP contribution is -2.46. The van der Waals surface area contributed by atoms with Gasteiger partial charge in [0.15, 0.2) is 5.65 Å². The van der Waals surface area contributed by atoms with Crippen molar-refractivity contribution in [3.8, 4) is 0 Å². The predicted octanol–water partition coefficient (Wildman–Crippen LogP) is 7.03. The number of nitrogens with zero attached hydrogens (tertiary/aromatic N) is 5. The van der Waals surface area contributed by atoms with Gasteiger partial charge in [-0.1, -0.05) is 56.7 Å². The number of hydrogen-bond acceptors (Lipinski definition) is 4. The van der Waals surface area contributed by atoms with E-state index in [9.17, 15) is 0 Å². The van der Waals surface area contributed by atoms with Crippen LogP contribution < -0.4 is 0 Å². The maximum Gasteiger partial charge on any atom is 0.160 e. The zero-order chi connectivity index (χ0) is 25.1. The van der Waals surface area contributed by atoms with Gasteiger partial charge in [0.1, 0.15) is 11.3 Å². The van der Waals surface area contributed by atoms with E-state index >= 15 is 0 Å². The largest absolute Gasteiger partial charge is 0.308 e. The third kappa shape index (κ3) is 7.18. The van der Waals surface area contributed by atoms with Crippen molar-refractivity contribution >= 4 is 42.1 Å². The van der Waals surface area contributed by atoms with Crippen LogP contribution in [-0.2, 0) is 6.54 Å². The minimum Gasteiger partial charge on any atom is -0.308 e. The Morgan fingerprint density at radius 2 is 1.61 bits per heavy atom. The fraction of sp³-hybridized carbons (Fsp3) is 0.548. The SMILES string of the molecule is Cc1cc(C)c2nc(C(C)C)n(Cc3ccc(/C=C/CN4CCC(N5CCCCC5)CC4)cc3)c2n1.Cl.Cl. The summed E-state index contributed by atoms with van der Waals surface area (Å²) < 4.78 is 2.30. The Morgan fingerprint density at radius 1 is 0.921 bits per heavy atom. The first kappa shape index (κ1) is 30.6. The molecule has 3 aromatic rings. The first-order valence-electron chi connectivity index (χ1n) is 14.0. The highest BCUT2D eigenvalue weighted by atomic mass is 35.5. The summed E-state index contributed by atoms with van der Waals surface area (Å²) in [5, 5.41) is 0. The second kappa shape index (κ2) is 13.9. The summed E-state index contributed by atoms with van der Waals surface area (Å²) in [7, 11) is 0. The molecule has 2 aromatic heterocycles. The topological polar surface area (TPSA) is 37.2 Å². The van der Waals surface area contributed by atoms with Crippen molar-refractivity contribution in [2.75, 3.05) is 32.7 Å². The summed E-state index contributed by atoms with van der Waals surface area (Å²) in [6.45, 7) is 15.6. The molecule has 2 aliphatic heterocycles. The predicted molar refractivity (Wildman–Crippen MR) is 165 cm³/mol. The van der Waals surface area contributed by atoms with E-state index in [1.54, 1.807) is 0 Å². The number of fused-ring (bicyclic) bond motifs is 1. The van der Waals surface area contributed by atoms with Crippen LogP contribution in [0.3, 0.4) is 0 Å². The van der Waals surface area contributed by atoms with Crippen LogP contribution in [0.2, 0.25) is 0 Å². The second-order valence-corrected chi connectivity index (χ2v) is 11.2. The average Bonchev–Trinajstić information content (AvgIpc) is 3.25. The molecule has 0 bridgehead atoms. The molecule has 1 aromatic carbocycles. The zero-order valence-corrected chi connectivity index (χ0v) is 25.2. The lowest BCUT2D eigenvalue weighted by molar-refractivity contribution is 0.0975. The molecule has 2 fully saturated rings. The van der Waals surface area contributed by atoms with Gasteiger partial charge in [0.2, 0.25) is 0 Å². The number of aromatic nitrogens is 3. The number of halogens is 2. The summed E-state index contributed by atoms with van der Waals surface area (Å²) in [5.74, 6) is 1.46. The van der Waals surface area contributed by atoms with E-state index in [0.717, 1.165) is 41.8 Å². The number of benzene rings is 1. The molecule has 0 atom stereocenters. The van der Waals surface area contributed by atoms with Crippen LogP contribution in [0.15, 0.2) is 36.4 Å². The second-order valence-electron chi connectivity index (χ2n) is 11.2. The Balaban J connectivity index is 0.00000200. The van der Waals surface area contributed by atoms with Crippen LogP contribution >= 0.6 is 24.8 Å². The minimum absolute atomic E-state index is 0. The first-order valence-corrected chi connectivity index (χ1v) is 14.0. The van der Waals surface area contributed by atoms with Crippen molar-refractivity contribution < 1.29 is 0 Å². The number of hydrogen-bond donors (Lipinski definition) is 0. The van der Waals surface area contributed by atoms with Gasteiger partial charge in [0, 0.05) is 24.2 Å². The average molecular weight is 559 g/mol. The van der Waals surface area contributed by atoms with Crippen molar-refractivity contribution in [3.05, 3.63) is 64.6 Å². The fourth-order valence-corrected chi connectivity index (χ4v) is 6.02. The number of piperidine rings is 2. The summed E-state index contributed by atoms with van der Waals surface area (Å²) in [4.78, 5) is 15.2. The van der Waals surface area contributed by atoms with Gasteiger partial charge in [-0.2, -0.15) is 0 Å². The quantitative estimate of drug-likeness (QED) is 0.312. The molecular formula is C31H45Cl2N5. The van der Waals surface area contributed by atoms with Crippen LogP contribution in [-0.4, -0.2) is 63.1 Å². The maximum absolute atomic E-state index is 4.96. The Kier molecular flexibility index (Phi) is 11.2.